The molecular formula is C57H96O6. The van der Waals surface area contributed by atoms with Gasteiger partial charge in [0.1, 0.15) is 13.2 Å². The average molecular weight is 877 g/mol. The van der Waals surface area contributed by atoms with Crippen LogP contribution in [-0.4, -0.2) is 37.2 Å². The summed E-state index contributed by atoms with van der Waals surface area (Å²) in [5.41, 5.74) is 0. The van der Waals surface area contributed by atoms with Crippen molar-refractivity contribution in [3.63, 3.8) is 0 Å². The predicted octanol–water partition coefficient (Wildman–Crippen LogP) is 17.2. The Morgan fingerprint density at radius 1 is 0.333 bits per heavy atom. The normalized spacial score (nSPS) is 12.7. The number of esters is 3. The molecule has 0 saturated carbocycles. The molecule has 0 heterocycles. The SMILES string of the molecule is CC\C=C/C=C\C=C/C=C\CCCCCCCC(=O)OC(COC(=O)CCCCCCC\C=C/C=C\C=C/CC)COC(=O)CCCCCCCCCCCCCCCCCCC. The Morgan fingerprint density at radius 2 is 0.619 bits per heavy atom. The van der Waals surface area contributed by atoms with Gasteiger partial charge in [0.25, 0.3) is 0 Å². The maximum Gasteiger partial charge on any atom is 0.306 e. The Kier molecular flexibility index (Phi) is 48.5. The molecule has 0 aliphatic carbocycles. The number of ether oxygens (including phenoxy) is 3. The Hall–Kier alpha value is -3.41. The second-order valence-electron chi connectivity index (χ2n) is 17.2. The van der Waals surface area contributed by atoms with Crippen LogP contribution in [0.3, 0.4) is 0 Å². The smallest absolute Gasteiger partial charge is 0.306 e. The topological polar surface area (TPSA) is 78.9 Å². The van der Waals surface area contributed by atoms with Gasteiger partial charge in [-0.15, -0.1) is 0 Å². The summed E-state index contributed by atoms with van der Waals surface area (Å²) >= 11 is 0. The molecule has 6 heteroatoms. The molecule has 360 valence electrons. The van der Waals surface area contributed by atoms with Crippen LogP contribution in [0.1, 0.15) is 239 Å². The third-order valence-electron chi connectivity index (χ3n) is 11.1. The van der Waals surface area contributed by atoms with Crippen LogP contribution in [0.25, 0.3) is 0 Å². The zero-order valence-electron chi connectivity index (χ0n) is 41.1. The first kappa shape index (κ1) is 59.6. The standard InChI is InChI=1S/C57H96O6/c1-4-7-10-13-16-19-22-25-27-28-30-32-35-38-41-44-47-50-56(59)62-53-54(52-61-55(58)49-46-43-40-37-34-31-24-21-18-15-12-9-6-3)63-57(60)51-48-45-42-39-36-33-29-26-23-20-17-14-11-8-5-2/h8-9,11-12,14-15,17-18,20-21,23-24,26,29,54H,4-7,10,13,16,19,22,25,27-28,30-53H2,1-3H3/b11-8-,12-9-,17-14-,18-15-,23-20-,24-21-,29-26-. The fourth-order valence-electron chi connectivity index (χ4n) is 7.16. The molecule has 0 bridgehead atoms. The first-order valence-electron chi connectivity index (χ1n) is 26.2. The van der Waals surface area contributed by atoms with Crippen LogP contribution in [0, 0.1) is 0 Å². The lowest BCUT2D eigenvalue weighted by Crippen LogP contribution is -2.30. The van der Waals surface area contributed by atoms with Gasteiger partial charge < -0.3 is 14.2 Å². The molecule has 0 aromatic rings. The van der Waals surface area contributed by atoms with E-state index in [0.29, 0.717) is 19.3 Å². The lowest BCUT2D eigenvalue weighted by atomic mass is 10.0. The minimum atomic E-state index is -0.796. The van der Waals surface area contributed by atoms with Crippen LogP contribution in [0.15, 0.2) is 85.1 Å². The van der Waals surface area contributed by atoms with Crippen LogP contribution < -0.4 is 0 Å². The Balaban J connectivity index is 4.42. The van der Waals surface area contributed by atoms with Crippen LogP contribution in [0.2, 0.25) is 0 Å². The quantitative estimate of drug-likeness (QED) is 0.0262. The van der Waals surface area contributed by atoms with E-state index < -0.39 is 6.10 Å². The summed E-state index contributed by atoms with van der Waals surface area (Å²) in [6.07, 6.45) is 65.7. The molecule has 0 saturated heterocycles. The Labute approximate surface area is 388 Å². The maximum atomic E-state index is 12.8. The van der Waals surface area contributed by atoms with Gasteiger partial charge in [0.05, 0.1) is 0 Å². The molecular weight excluding hydrogens is 781 g/mol. The first-order valence-corrected chi connectivity index (χ1v) is 26.2. The molecule has 6 nitrogen and oxygen atoms in total. The van der Waals surface area contributed by atoms with Gasteiger partial charge in [-0.05, 0) is 57.8 Å². The lowest BCUT2D eigenvalue weighted by Gasteiger charge is -2.18. The average Bonchev–Trinajstić information content (AvgIpc) is 3.28. The number of hydrogen-bond acceptors (Lipinski definition) is 6. The van der Waals surface area contributed by atoms with Crippen molar-refractivity contribution in [2.45, 2.75) is 245 Å². The first-order chi connectivity index (χ1) is 31.0. The number of carbonyl (C=O) groups is 3. The lowest BCUT2D eigenvalue weighted by molar-refractivity contribution is -0.167. The predicted molar refractivity (Wildman–Crippen MR) is 270 cm³/mol. The van der Waals surface area contributed by atoms with Gasteiger partial charge in [-0.25, -0.2) is 0 Å². The molecule has 0 N–H and O–H groups in total. The summed E-state index contributed by atoms with van der Waals surface area (Å²) in [5, 5.41) is 0. The van der Waals surface area contributed by atoms with Crippen molar-refractivity contribution < 1.29 is 28.6 Å². The summed E-state index contributed by atoms with van der Waals surface area (Å²) < 4.78 is 16.8. The number of carbonyl (C=O) groups excluding carboxylic acids is 3. The molecule has 1 unspecified atom stereocenters. The molecule has 0 amide bonds. The summed E-state index contributed by atoms with van der Waals surface area (Å²) in [6, 6.07) is 0. The highest BCUT2D eigenvalue weighted by Gasteiger charge is 2.19. The third-order valence-corrected chi connectivity index (χ3v) is 11.1. The van der Waals surface area contributed by atoms with E-state index in [-0.39, 0.29) is 31.1 Å². The molecule has 0 radical (unpaired) electrons. The molecule has 0 aromatic carbocycles. The van der Waals surface area contributed by atoms with Crippen molar-refractivity contribution in [2.75, 3.05) is 13.2 Å². The van der Waals surface area contributed by atoms with Crippen molar-refractivity contribution in [3.8, 4) is 0 Å². The monoisotopic (exact) mass is 877 g/mol. The van der Waals surface area contributed by atoms with Gasteiger partial charge in [-0.3, -0.25) is 14.4 Å². The van der Waals surface area contributed by atoms with Crippen LogP contribution >= 0.6 is 0 Å². The molecule has 0 aliphatic heterocycles. The van der Waals surface area contributed by atoms with Crippen molar-refractivity contribution >= 4 is 17.9 Å². The van der Waals surface area contributed by atoms with Crippen molar-refractivity contribution in [1.82, 2.24) is 0 Å². The van der Waals surface area contributed by atoms with E-state index in [4.69, 9.17) is 14.2 Å². The molecule has 0 aliphatic rings. The van der Waals surface area contributed by atoms with Crippen LogP contribution in [0.4, 0.5) is 0 Å². The van der Waals surface area contributed by atoms with Gasteiger partial charge in [-0.1, -0.05) is 247 Å². The number of unbranched alkanes of at least 4 members (excludes halogenated alkanes) is 26. The van der Waals surface area contributed by atoms with Gasteiger partial charge in [0.2, 0.25) is 0 Å². The molecule has 0 aromatic heterocycles. The highest BCUT2D eigenvalue weighted by atomic mass is 16.6. The second kappa shape index (κ2) is 51.2. The highest BCUT2D eigenvalue weighted by molar-refractivity contribution is 5.71. The van der Waals surface area contributed by atoms with Crippen LogP contribution in [0.5, 0.6) is 0 Å². The minimum Gasteiger partial charge on any atom is -0.462 e. The molecule has 63 heavy (non-hydrogen) atoms. The van der Waals surface area contributed by atoms with E-state index in [1.165, 1.54) is 89.9 Å². The fourth-order valence-corrected chi connectivity index (χ4v) is 7.16. The summed E-state index contributed by atoms with van der Waals surface area (Å²) in [7, 11) is 0. The number of rotatable bonds is 46. The summed E-state index contributed by atoms with van der Waals surface area (Å²) in [5.74, 6) is -0.935. The van der Waals surface area contributed by atoms with Crippen molar-refractivity contribution in [2.24, 2.45) is 0 Å². The zero-order valence-corrected chi connectivity index (χ0v) is 41.1. The molecule has 0 rings (SSSR count). The number of allylic oxidation sites excluding steroid dienone is 14. The second-order valence-corrected chi connectivity index (χ2v) is 17.2. The Morgan fingerprint density at radius 3 is 0.968 bits per heavy atom. The highest BCUT2D eigenvalue weighted by Crippen LogP contribution is 2.16. The van der Waals surface area contributed by atoms with Crippen LogP contribution in [-0.2, 0) is 28.6 Å². The number of hydrogen-bond donors (Lipinski definition) is 0. The largest absolute Gasteiger partial charge is 0.462 e. The van der Waals surface area contributed by atoms with E-state index in [1.807, 2.05) is 18.2 Å². The molecule has 0 spiro atoms. The van der Waals surface area contributed by atoms with E-state index >= 15 is 0 Å². The van der Waals surface area contributed by atoms with E-state index in [0.717, 1.165) is 109 Å². The zero-order chi connectivity index (χ0) is 45.8. The molecule has 1 atom stereocenters. The fraction of sp³-hybridized carbons (Fsp3) is 0.702. The van der Waals surface area contributed by atoms with Gasteiger partial charge in [-0.2, -0.15) is 0 Å². The van der Waals surface area contributed by atoms with E-state index in [1.54, 1.807) is 0 Å². The van der Waals surface area contributed by atoms with Gasteiger partial charge in [0.15, 0.2) is 6.10 Å². The van der Waals surface area contributed by atoms with E-state index in [2.05, 4.69) is 87.6 Å². The summed E-state index contributed by atoms with van der Waals surface area (Å²) in [6.45, 7) is 6.34. The van der Waals surface area contributed by atoms with Crippen molar-refractivity contribution in [1.29, 1.82) is 0 Å². The van der Waals surface area contributed by atoms with Gasteiger partial charge >= 0.3 is 17.9 Å². The van der Waals surface area contributed by atoms with Gasteiger partial charge in [0, 0.05) is 19.3 Å². The third kappa shape index (κ3) is 49.5. The minimum absolute atomic E-state index is 0.0919. The molecule has 0 fully saturated rings. The Bertz CT molecular complexity index is 1240. The van der Waals surface area contributed by atoms with E-state index in [9.17, 15) is 14.4 Å². The van der Waals surface area contributed by atoms with Crippen molar-refractivity contribution in [3.05, 3.63) is 85.1 Å². The summed E-state index contributed by atoms with van der Waals surface area (Å²) in [4.78, 5) is 38.0. The maximum absolute atomic E-state index is 12.8.